The van der Waals surface area contributed by atoms with E-state index >= 15 is 0 Å². The van der Waals surface area contributed by atoms with Crippen LogP contribution in [0, 0.1) is 0 Å². The summed E-state index contributed by atoms with van der Waals surface area (Å²) >= 11 is 1.43. The van der Waals surface area contributed by atoms with Gasteiger partial charge >= 0.3 is 0 Å². The standard InChI is InChI=1S/C21H18N4O2S/c1-13(26)22-15-7-5-8-16(11-15)23-20(27)17-12-28-21(24-17)19-10-14-6-3-4-9-18(14)25(19)2/h3-12H,1-2H3,(H,22,26)(H,23,27). The summed E-state index contributed by atoms with van der Waals surface area (Å²) in [5.41, 5.74) is 3.66. The first-order valence-electron chi connectivity index (χ1n) is 8.70. The van der Waals surface area contributed by atoms with Gasteiger partial charge in [-0.15, -0.1) is 11.3 Å². The molecular formula is C21H18N4O2S. The van der Waals surface area contributed by atoms with Crippen molar-refractivity contribution < 1.29 is 9.59 Å². The largest absolute Gasteiger partial charge is 0.342 e. The fraction of sp³-hybridized carbons (Fsp3) is 0.0952. The first-order valence-corrected chi connectivity index (χ1v) is 9.58. The minimum absolute atomic E-state index is 0.164. The Labute approximate surface area is 165 Å². The second-order valence-electron chi connectivity index (χ2n) is 6.40. The van der Waals surface area contributed by atoms with E-state index in [4.69, 9.17) is 0 Å². The smallest absolute Gasteiger partial charge is 0.275 e. The number of fused-ring (bicyclic) bond motifs is 1. The van der Waals surface area contributed by atoms with E-state index in [0.29, 0.717) is 17.1 Å². The first-order chi connectivity index (χ1) is 13.5. The van der Waals surface area contributed by atoms with Gasteiger partial charge in [0.05, 0.1) is 5.69 Å². The summed E-state index contributed by atoms with van der Waals surface area (Å²) in [4.78, 5) is 28.3. The van der Waals surface area contributed by atoms with Crippen LogP contribution in [0.25, 0.3) is 21.6 Å². The summed E-state index contributed by atoms with van der Waals surface area (Å²) in [5, 5.41) is 9.19. The van der Waals surface area contributed by atoms with Crippen LogP contribution >= 0.6 is 11.3 Å². The highest BCUT2D eigenvalue weighted by Crippen LogP contribution is 2.29. The first kappa shape index (κ1) is 17.9. The van der Waals surface area contributed by atoms with Crippen molar-refractivity contribution in [2.75, 3.05) is 10.6 Å². The summed E-state index contributed by atoms with van der Waals surface area (Å²) in [6, 6.07) is 17.2. The van der Waals surface area contributed by atoms with Crippen LogP contribution in [0.5, 0.6) is 0 Å². The van der Waals surface area contributed by atoms with Crippen molar-refractivity contribution in [3.8, 4) is 10.7 Å². The third-order valence-electron chi connectivity index (χ3n) is 4.35. The number of benzene rings is 2. The summed E-state index contributed by atoms with van der Waals surface area (Å²) in [6.45, 7) is 1.44. The third kappa shape index (κ3) is 3.52. The molecule has 0 atom stereocenters. The average molecular weight is 390 g/mol. The molecule has 0 saturated carbocycles. The van der Waals surface area contributed by atoms with Crippen molar-refractivity contribution in [1.29, 1.82) is 0 Å². The number of aryl methyl sites for hydroxylation is 1. The maximum absolute atomic E-state index is 12.6. The van der Waals surface area contributed by atoms with Gasteiger partial charge in [-0.3, -0.25) is 9.59 Å². The lowest BCUT2D eigenvalue weighted by atomic mass is 10.2. The van der Waals surface area contributed by atoms with Crippen molar-refractivity contribution in [3.05, 3.63) is 65.7 Å². The van der Waals surface area contributed by atoms with Crippen molar-refractivity contribution in [3.63, 3.8) is 0 Å². The minimum atomic E-state index is -0.291. The van der Waals surface area contributed by atoms with Crippen molar-refractivity contribution in [2.45, 2.75) is 6.92 Å². The van der Waals surface area contributed by atoms with E-state index in [2.05, 4.69) is 38.4 Å². The van der Waals surface area contributed by atoms with E-state index in [9.17, 15) is 9.59 Å². The minimum Gasteiger partial charge on any atom is -0.342 e. The molecule has 0 bridgehead atoms. The van der Waals surface area contributed by atoms with E-state index in [0.717, 1.165) is 21.6 Å². The van der Waals surface area contributed by atoms with Crippen molar-refractivity contribution in [2.24, 2.45) is 7.05 Å². The van der Waals surface area contributed by atoms with Gasteiger partial charge in [0.15, 0.2) is 0 Å². The average Bonchev–Trinajstić information content (AvgIpc) is 3.27. The van der Waals surface area contributed by atoms with Crippen LogP contribution in [-0.2, 0) is 11.8 Å². The SMILES string of the molecule is CC(=O)Nc1cccc(NC(=O)c2csc(-c3cc4ccccc4n3C)n2)c1. The molecule has 2 heterocycles. The zero-order valence-corrected chi connectivity index (χ0v) is 16.2. The van der Waals surface area contributed by atoms with E-state index < -0.39 is 0 Å². The lowest BCUT2D eigenvalue weighted by Gasteiger charge is -2.06. The molecule has 0 fully saturated rings. The number of nitrogens with one attached hydrogen (secondary N) is 2. The molecule has 0 aliphatic heterocycles. The molecule has 2 amide bonds. The molecule has 2 aromatic carbocycles. The van der Waals surface area contributed by atoms with Crippen LogP contribution in [0.2, 0.25) is 0 Å². The van der Waals surface area contributed by atoms with Crippen LogP contribution in [0.1, 0.15) is 17.4 Å². The summed E-state index contributed by atoms with van der Waals surface area (Å²) in [5.74, 6) is -0.455. The molecule has 6 nitrogen and oxygen atoms in total. The zero-order chi connectivity index (χ0) is 19.7. The molecule has 0 aliphatic rings. The maximum atomic E-state index is 12.6. The molecule has 4 rings (SSSR count). The van der Waals surface area contributed by atoms with E-state index in [1.807, 2.05) is 19.2 Å². The zero-order valence-electron chi connectivity index (χ0n) is 15.4. The van der Waals surface area contributed by atoms with Crippen LogP contribution in [-0.4, -0.2) is 21.4 Å². The molecule has 0 spiro atoms. The van der Waals surface area contributed by atoms with Gasteiger partial charge < -0.3 is 15.2 Å². The monoisotopic (exact) mass is 390 g/mol. The molecule has 140 valence electrons. The van der Waals surface area contributed by atoms with E-state index in [-0.39, 0.29) is 11.8 Å². The Balaban J connectivity index is 1.56. The normalized spacial score (nSPS) is 10.8. The lowest BCUT2D eigenvalue weighted by molar-refractivity contribution is -0.114. The van der Waals surface area contributed by atoms with Gasteiger partial charge in [-0.1, -0.05) is 24.3 Å². The van der Waals surface area contributed by atoms with Gasteiger partial charge in [-0.2, -0.15) is 0 Å². The fourth-order valence-electron chi connectivity index (χ4n) is 3.06. The van der Waals surface area contributed by atoms with Crippen LogP contribution in [0.4, 0.5) is 11.4 Å². The molecule has 28 heavy (non-hydrogen) atoms. The number of para-hydroxylation sites is 1. The van der Waals surface area contributed by atoms with Crippen molar-refractivity contribution >= 4 is 45.4 Å². The number of thiazole rings is 1. The highest BCUT2D eigenvalue weighted by atomic mass is 32.1. The number of aromatic nitrogens is 2. The highest BCUT2D eigenvalue weighted by molar-refractivity contribution is 7.13. The quantitative estimate of drug-likeness (QED) is 0.538. The molecule has 0 unspecified atom stereocenters. The summed E-state index contributed by atoms with van der Waals surface area (Å²) in [7, 11) is 1.99. The number of amides is 2. The Bertz CT molecular complexity index is 1190. The predicted octanol–water partition coefficient (Wildman–Crippen LogP) is 4.51. The molecule has 0 radical (unpaired) electrons. The number of carbonyl (C=O) groups is 2. The van der Waals surface area contributed by atoms with Gasteiger partial charge in [0, 0.05) is 41.6 Å². The molecule has 4 aromatic rings. The van der Waals surface area contributed by atoms with Gasteiger partial charge in [0.25, 0.3) is 5.91 Å². The number of carbonyl (C=O) groups excluding carboxylic acids is 2. The molecule has 0 saturated heterocycles. The van der Waals surface area contributed by atoms with Crippen molar-refractivity contribution in [1.82, 2.24) is 9.55 Å². The maximum Gasteiger partial charge on any atom is 0.275 e. The predicted molar refractivity (Wildman–Crippen MR) is 113 cm³/mol. The fourth-order valence-corrected chi connectivity index (χ4v) is 3.91. The third-order valence-corrected chi connectivity index (χ3v) is 5.21. The molecule has 2 aromatic heterocycles. The Morgan fingerprint density at radius 2 is 1.75 bits per heavy atom. The highest BCUT2D eigenvalue weighted by Gasteiger charge is 2.15. The number of hydrogen-bond donors (Lipinski definition) is 2. The number of rotatable bonds is 4. The van der Waals surface area contributed by atoms with Gasteiger partial charge in [-0.25, -0.2) is 4.98 Å². The van der Waals surface area contributed by atoms with E-state index in [1.54, 1.807) is 29.6 Å². The molecule has 0 aliphatic carbocycles. The second-order valence-corrected chi connectivity index (χ2v) is 7.26. The molecule has 2 N–H and O–H groups in total. The van der Waals surface area contributed by atoms with E-state index in [1.165, 1.54) is 18.3 Å². The molecular weight excluding hydrogens is 372 g/mol. The lowest BCUT2D eigenvalue weighted by Crippen LogP contribution is -2.13. The Morgan fingerprint density at radius 1 is 1.00 bits per heavy atom. The number of anilines is 2. The Morgan fingerprint density at radius 3 is 2.50 bits per heavy atom. The number of hydrogen-bond acceptors (Lipinski definition) is 4. The second kappa shape index (κ2) is 7.28. The van der Waals surface area contributed by atoms with Gasteiger partial charge in [0.1, 0.15) is 10.7 Å². The van der Waals surface area contributed by atoms with Gasteiger partial charge in [-0.05, 0) is 30.3 Å². The van der Waals surface area contributed by atoms with Gasteiger partial charge in [0.2, 0.25) is 5.91 Å². The summed E-state index contributed by atoms with van der Waals surface area (Å²) in [6.07, 6.45) is 0. The van der Waals surface area contributed by atoms with Crippen LogP contribution in [0.3, 0.4) is 0 Å². The Hall–Kier alpha value is -3.45. The summed E-state index contributed by atoms with van der Waals surface area (Å²) < 4.78 is 2.08. The number of nitrogens with zero attached hydrogens (tertiary/aromatic N) is 2. The topological polar surface area (TPSA) is 76.0 Å². The van der Waals surface area contributed by atoms with Crippen LogP contribution in [0.15, 0.2) is 60.0 Å². The Kier molecular flexibility index (Phi) is 4.67. The van der Waals surface area contributed by atoms with Crippen LogP contribution < -0.4 is 10.6 Å². The molecule has 7 heteroatoms.